The van der Waals surface area contributed by atoms with Crippen LogP contribution in [0.15, 0.2) is 12.2 Å². The van der Waals surface area contributed by atoms with Gasteiger partial charge in [-0.05, 0) is 27.2 Å². The molecule has 1 aliphatic rings. The molecule has 5 heteroatoms. The molecule has 0 aromatic heterocycles. The van der Waals surface area contributed by atoms with E-state index in [0.29, 0.717) is 19.5 Å². The first kappa shape index (κ1) is 15.0. The monoisotopic (exact) mass is 257 g/mol. The molecule has 2 N–H and O–H groups in total. The second-order valence-electron chi connectivity index (χ2n) is 5.60. The van der Waals surface area contributed by atoms with Gasteiger partial charge in [-0.25, -0.2) is 4.79 Å². The van der Waals surface area contributed by atoms with Crippen LogP contribution in [0.1, 0.15) is 27.2 Å². The van der Waals surface area contributed by atoms with Crippen LogP contribution in [0.3, 0.4) is 0 Å². The minimum Gasteiger partial charge on any atom is -0.444 e. The molecule has 0 spiro atoms. The van der Waals surface area contributed by atoms with E-state index in [4.69, 9.17) is 9.84 Å². The molecule has 1 amide bonds. The number of carbonyl (C=O) groups excluding carboxylic acids is 1. The highest BCUT2D eigenvalue weighted by Crippen LogP contribution is 2.18. The standard InChI is InChI=1S/C13H23NO4/c1-13(2,3)18-12(17)14-7-5-4-6-10(8-14)11(16)9-15/h4-5,10-11,15-16H,6-9H2,1-3H3/t10-,11+/m0/s1. The summed E-state index contributed by atoms with van der Waals surface area (Å²) in [6.45, 7) is 6.03. The predicted octanol–water partition coefficient (Wildman–Crippen LogP) is 1.15. The Morgan fingerprint density at radius 1 is 1.50 bits per heavy atom. The summed E-state index contributed by atoms with van der Waals surface area (Å²) in [5.74, 6) is -0.152. The van der Waals surface area contributed by atoms with Crippen LogP contribution in [0.4, 0.5) is 4.79 Å². The van der Waals surface area contributed by atoms with E-state index in [1.807, 2.05) is 32.9 Å². The van der Waals surface area contributed by atoms with Gasteiger partial charge in [0.15, 0.2) is 0 Å². The van der Waals surface area contributed by atoms with Crippen molar-refractivity contribution in [1.82, 2.24) is 4.90 Å². The Bertz CT molecular complexity index is 309. The third-order valence-corrected chi connectivity index (χ3v) is 2.77. The number of hydrogen-bond donors (Lipinski definition) is 2. The molecule has 1 heterocycles. The van der Waals surface area contributed by atoms with Crippen molar-refractivity contribution < 1.29 is 19.7 Å². The number of nitrogens with zero attached hydrogens (tertiary/aromatic N) is 1. The summed E-state index contributed by atoms with van der Waals surface area (Å²) in [5, 5.41) is 18.7. The smallest absolute Gasteiger partial charge is 0.410 e. The van der Waals surface area contributed by atoms with Gasteiger partial charge in [0.05, 0.1) is 12.7 Å². The Labute approximate surface area is 108 Å². The Balaban J connectivity index is 2.65. The summed E-state index contributed by atoms with van der Waals surface area (Å²) < 4.78 is 5.30. The summed E-state index contributed by atoms with van der Waals surface area (Å²) in [6.07, 6.45) is 3.27. The molecule has 0 aliphatic carbocycles. The number of aliphatic hydroxyl groups is 2. The topological polar surface area (TPSA) is 70.0 Å². The number of allylic oxidation sites excluding steroid dienone is 1. The van der Waals surface area contributed by atoms with Gasteiger partial charge in [-0.15, -0.1) is 0 Å². The average Bonchev–Trinajstić information content (AvgIpc) is 2.51. The second-order valence-corrected chi connectivity index (χ2v) is 5.60. The van der Waals surface area contributed by atoms with Crippen molar-refractivity contribution in [3.05, 3.63) is 12.2 Å². The van der Waals surface area contributed by atoms with E-state index in [1.165, 1.54) is 0 Å². The van der Waals surface area contributed by atoms with Gasteiger partial charge < -0.3 is 19.8 Å². The van der Waals surface area contributed by atoms with E-state index < -0.39 is 11.7 Å². The third kappa shape index (κ3) is 4.66. The largest absolute Gasteiger partial charge is 0.444 e. The molecule has 2 atom stereocenters. The molecule has 5 nitrogen and oxygen atoms in total. The van der Waals surface area contributed by atoms with Gasteiger partial charge in [-0.1, -0.05) is 12.2 Å². The van der Waals surface area contributed by atoms with Crippen LogP contribution in [0, 0.1) is 5.92 Å². The number of amides is 1. The number of rotatable bonds is 2. The van der Waals surface area contributed by atoms with Crippen molar-refractivity contribution in [3.63, 3.8) is 0 Å². The van der Waals surface area contributed by atoms with Gasteiger partial charge >= 0.3 is 6.09 Å². The highest BCUT2D eigenvalue weighted by atomic mass is 16.6. The van der Waals surface area contributed by atoms with Crippen LogP contribution >= 0.6 is 0 Å². The second kappa shape index (κ2) is 6.20. The summed E-state index contributed by atoms with van der Waals surface area (Å²) >= 11 is 0. The Morgan fingerprint density at radius 3 is 2.72 bits per heavy atom. The quantitative estimate of drug-likeness (QED) is 0.728. The number of ether oxygens (including phenoxy) is 1. The van der Waals surface area contributed by atoms with E-state index in [9.17, 15) is 9.90 Å². The predicted molar refractivity (Wildman–Crippen MR) is 68.1 cm³/mol. The molecule has 0 aromatic rings. The summed E-state index contributed by atoms with van der Waals surface area (Å²) in [6, 6.07) is 0. The highest BCUT2D eigenvalue weighted by Gasteiger charge is 2.27. The Hall–Kier alpha value is -1.07. The van der Waals surface area contributed by atoms with Crippen molar-refractivity contribution in [2.45, 2.75) is 38.9 Å². The molecular formula is C13H23NO4. The van der Waals surface area contributed by atoms with Crippen LogP contribution in [-0.2, 0) is 4.74 Å². The summed E-state index contributed by atoms with van der Waals surface area (Å²) in [5.41, 5.74) is -0.530. The molecule has 1 rings (SSSR count). The molecule has 0 bridgehead atoms. The van der Waals surface area contributed by atoms with Crippen LogP contribution < -0.4 is 0 Å². The number of aliphatic hydroxyl groups excluding tert-OH is 2. The lowest BCUT2D eigenvalue weighted by Crippen LogP contribution is -2.41. The van der Waals surface area contributed by atoms with Gasteiger partial charge in [-0.2, -0.15) is 0 Å². The summed E-state index contributed by atoms with van der Waals surface area (Å²) in [7, 11) is 0. The molecule has 0 radical (unpaired) electrons. The van der Waals surface area contributed by atoms with Crippen molar-refractivity contribution in [1.29, 1.82) is 0 Å². The fourth-order valence-electron chi connectivity index (χ4n) is 1.81. The van der Waals surface area contributed by atoms with Gasteiger partial charge in [0.1, 0.15) is 5.60 Å². The van der Waals surface area contributed by atoms with E-state index in [0.717, 1.165) is 0 Å². The minimum absolute atomic E-state index is 0.152. The van der Waals surface area contributed by atoms with Crippen LogP contribution in [0.2, 0.25) is 0 Å². The zero-order chi connectivity index (χ0) is 13.8. The zero-order valence-corrected chi connectivity index (χ0v) is 11.3. The van der Waals surface area contributed by atoms with Crippen molar-refractivity contribution in [2.24, 2.45) is 5.92 Å². The van der Waals surface area contributed by atoms with Gasteiger partial charge in [0.2, 0.25) is 0 Å². The van der Waals surface area contributed by atoms with E-state index in [2.05, 4.69) is 0 Å². The fraction of sp³-hybridized carbons (Fsp3) is 0.769. The van der Waals surface area contributed by atoms with Crippen LogP contribution in [0.5, 0.6) is 0 Å². The zero-order valence-electron chi connectivity index (χ0n) is 11.3. The minimum atomic E-state index is -0.808. The molecule has 0 saturated heterocycles. The van der Waals surface area contributed by atoms with Crippen LogP contribution in [-0.4, -0.2) is 52.6 Å². The molecular weight excluding hydrogens is 234 g/mol. The first-order valence-corrected chi connectivity index (χ1v) is 6.25. The van der Waals surface area contributed by atoms with Crippen molar-refractivity contribution in [3.8, 4) is 0 Å². The van der Waals surface area contributed by atoms with Crippen molar-refractivity contribution in [2.75, 3.05) is 19.7 Å². The van der Waals surface area contributed by atoms with Gasteiger partial charge in [0.25, 0.3) is 0 Å². The van der Waals surface area contributed by atoms with E-state index >= 15 is 0 Å². The molecule has 104 valence electrons. The third-order valence-electron chi connectivity index (χ3n) is 2.77. The first-order chi connectivity index (χ1) is 8.33. The molecule has 0 unspecified atom stereocenters. The maximum atomic E-state index is 11.9. The Morgan fingerprint density at radius 2 is 2.17 bits per heavy atom. The lowest BCUT2D eigenvalue weighted by molar-refractivity contribution is 0.00873. The Kier molecular flexibility index (Phi) is 5.16. The highest BCUT2D eigenvalue weighted by molar-refractivity contribution is 5.68. The molecule has 0 saturated carbocycles. The lowest BCUT2D eigenvalue weighted by atomic mass is 9.99. The molecule has 18 heavy (non-hydrogen) atoms. The van der Waals surface area contributed by atoms with Gasteiger partial charge in [0, 0.05) is 19.0 Å². The maximum absolute atomic E-state index is 11.9. The van der Waals surface area contributed by atoms with Crippen molar-refractivity contribution >= 4 is 6.09 Å². The van der Waals surface area contributed by atoms with E-state index in [-0.39, 0.29) is 18.6 Å². The average molecular weight is 257 g/mol. The first-order valence-electron chi connectivity index (χ1n) is 6.25. The maximum Gasteiger partial charge on any atom is 0.410 e. The molecule has 0 aromatic carbocycles. The molecule has 0 fully saturated rings. The van der Waals surface area contributed by atoms with Crippen LogP contribution in [0.25, 0.3) is 0 Å². The fourth-order valence-corrected chi connectivity index (χ4v) is 1.81. The van der Waals surface area contributed by atoms with Gasteiger partial charge in [-0.3, -0.25) is 0 Å². The lowest BCUT2D eigenvalue weighted by Gasteiger charge is -2.29. The van der Waals surface area contributed by atoms with E-state index in [1.54, 1.807) is 4.90 Å². The number of carbonyl (C=O) groups is 1. The summed E-state index contributed by atoms with van der Waals surface area (Å²) in [4.78, 5) is 13.5. The SMILES string of the molecule is CC(C)(C)OC(=O)N1CC=CC[C@H]([C@H](O)CO)C1. The molecule has 1 aliphatic heterocycles. The normalized spacial score (nSPS) is 22.5. The number of hydrogen-bond acceptors (Lipinski definition) is 4.